The predicted octanol–water partition coefficient (Wildman–Crippen LogP) is 0.463. The van der Waals surface area contributed by atoms with Crippen LogP contribution in [-0.4, -0.2) is 64.1 Å². The predicted molar refractivity (Wildman–Crippen MR) is 110 cm³/mol. The number of amides is 4. The Hall–Kier alpha value is -3.14. The molecule has 4 amide bonds. The second-order valence-corrected chi connectivity index (χ2v) is 8.37. The van der Waals surface area contributed by atoms with Gasteiger partial charge in [0.1, 0.15) is 6.54 Å². The molecule has 31 heavy (non-hydrogen) atoms. The van der Waals surface area contributed by atoms with Crippen molar-refractivity contribution in [3.63, 3.8) is 0 Å². The molecule has 5 rings (SSSR count). The van der Waals surface area contributed by atoms with E-state index in [2.05, 4.69) is 10.6 Å². The van der Waals surface area contributed by atoms with Crippen molar-refractivity contribution >= 4 is 28.9 Å². The Kier molecular flexibility index (Phi) is 5.01. The van der Waals surface area contributed by atoms with Crippen LogP contribution in [0.5, 0.6) is 0 Å². The number of likely N-dealkylation sites (tertiary alicyclic amines) is 1. The Morgan fingerprint density at radius 1 is 1.10 bits per heavy atom. The maximum Gasteiger partial charge on any atom is 0.420 e. The van der Waals surface area contributed by atoms with Crippen LogP contribution in [0.25, 0.3) is 11.1 Å². The summed E-state index contributed by atoms with van der Waals surface area (Å²) in [5.74, 6) is -1.09. The maximum absolute atomic E-state index is 13.0. The third-order valence-electron chi connectivity index (χ3n) is 6.56. The van der Waals surface area contributed by atoms with Gasteiger partial charge in [-0.05, 0) is 44.4 Å². The minimum absolute atomic E-state index is 0.0981. The van der Waals surface area contributed by atoms with E-state index >= 15 is 0 Å². The molecule has 10 nitrogen and oxygen atoms in total. The molecular weight excluding hydrogens is 402 g/mol. The van der Waals surface area contributed by atoms with Gasteiger partial charge in [-0.25, -0.2) is 9.59 Å². The zero-order chi connectivity index (χ0) is 21.5. The topological polar surface area (TPSA) is 117 Å². The SMILES string of the molecule is O=C(Cn1c(=O)oc2ccccc21)N1CCC(N2C(=O)NC3NCCCC3C2=O)CC1. The molecule has 1 aromatic heterocycles. The van der Waals surface area contributed by atoms with Crippen LogP contribution in [0.4, 0.5) is 4.79 Å². The summed E-state index contributed by atoms with van der Waals surface area (Å²) in [5.41, 5.74) is 1.03. The van der Waals surface area contributed by atoms with E-state index in [0.29, 0.717) is 37.0 Å². The molecule has 3 saturated heterocycles. The molecule has 164 valence electrons. The monoisotopic (exact) mass is 427 g/mol. The van der Waals surface area contributed by atoms with Crippen LogP contribution < -0.4 is 16.4 Å². The zero-order valence-electron chi connectivity index (χ0n) is 17.1. The van der Waals surface area contributed by atoms with E-state index in [1.54, 1.807) is 29.2 Å². The Labute approximate surface area is 178 Å². The number of oxazole rings is 1. The normalized spacial score (nSPS) is 24.9. The van der Waals surface area contributed by atoms with Crippen molar-refractivity contribution in [3.05, 3.63) is 34.8 Å². The number of rotatable bonds is 3. The molecule has 2 unspecified atom stereocenters. The lowest BCUT2D eigenvalue weighted by molar-refractivity contribution is -0.140. The fourth-order valence-electron chi connectivity index (χ4n) is 4.91. The lowest BCUT2D eigenvalue weighted by atomic mass is 9.91. The number of nitrogens with zero attached hydrogens (tertiary/aromatic N) is 3. The first-order chi connectivity index (χ1) is 15.0. The van der Waals surface area contributed by atoms with Gasteiger partial charge in [0.2, 0.25) is 11.8 Å². The molecule has 3 aliphatic rings. The van der Waals surface area contributed by atoms with Gasteiger partial charge in [0.05, 0.1) is 17.6 Å². The Morgan fingerprint density at radius 3 is 2.68 bits per heavy atom. The van der Waals surface area contributed by atoms with Crippen LogP contribution in [0, 0.1) is 5.92 Å². The molecule has 0 radical (unpaired) electrons. The van der Waals surface area contributed by atoms with E-state index in [-0.39, 0.29) is 42.5 Å². The van der Waals surface area contributed by atoms with E-state index in [4.69, 9.17) is 4.42 Å². The Balaban J connectivity index is 1.23. The number of fused-ring (bicyclic) bond motifs is 2. The number of aromatic nitrogens is 1. The highest BCUT2D eigenvalue weighted by atomic mass is 16.4. The van der Waals surface area contributed by atoms with Gasteiger partial charge in [0.25, 0.3) is 0 Å². The second kappa shape index (κ2) is 7.84. The molecule has 2 aromatic rings. The van der Waals surface area contributed by atoms with Gasteiger partial charge in [-0.2, -0.15) is 0 Å². The summed E-state index contributed by atoms with van der Waals surface area (Å²) >= 11 is 0. The van der Waals surface area contributed by atoms with Crippen molar-refractivity contribution < 1.29 is 18.8 Å². The van der Waals surface area contributed by atoms with Gasteiger partial charge in [-0.1, -0.05) is 12.1 Å². The Morgan fingerprint density at radius 2 is 1.87 bits per heavy atom. The molecule has 1 aromatic carbocycles. The van der Waals surface area contributed by atoms with E-state index < -0.39 is 5.76 Å². The van der Waals surface area contributed by atoms with Gasteiger partial charge in [0.15, 0.2) is 5.58 Å². The van der Waals surface area contributed by atoms with Crippen LogP contribution in [0.15, 0.2) is 33.5 Å². The minimum Gasteiger partial charge on any atom is -0.408 e. The number of piperidine rings is 2. The first-order valence-electron chi connectivity index (χ1n) is 10.8. The number of imide groups is 1. The summed E-state index contributed by atoms with van der Waals surface area (Å²) in [7, 11) is 0. The second-order valence-electron chi connectivity index (χ2n) is 8.37. The summed E-state index contributed by atoms with van der Waals surface area (Å²) in [6.45, 7) is 1.55. The maximum atomic E-state index is 13.0. The highest BCUT2D eigenvalue weighted by molar-refractivity contribution is 5.99. The van der Waals surface area contributed by atoms with Crippen molar-refractivity contribution in [1.29, 1.82) is 0 Å². The lowest BCUT2D eigenvalue weighted by Crippen LogP contribution is -2.68. The molecule has 2 atom stereocenters. The van der Waals surface area contributed by atoms with Crippen LogP contribution >= 0.6 is 0 Å². The molecule has 0 saturated carbocycles. The lowest BCUT2D eigenvalue weighted by Gasteiger charge is -2.45. The molecule has 2 N–H and O–H groups in total. The molecular formula is C21H25N5O5. The van der Waals surface area contributed by atoms with Crippen LogP contribution in [-0.2, 0) is 16.1 Å². The molecule has 0 spiro atoms. The van der Waals surface area contributed by atoms with Crippen LogP contribution in [0.3, 0.4) is 0 Å². The van der Waals surface area contributed by atoms with E-state index in [1.807, 2.05) is 0 Å². The Bertz CT molecular complexity index is 1080. The number of para-hydroxylation sites is 2. The van der Waals surface area contributed by atoms with Gasteiger partial charge < -0.3 is 14.6 Å². The number of carbonyl (C=O) groups is 3. The fourth-order valence-corrected chi connectivity index (χ4v) is 4.91. The highest BCUT2D eigenvalue weighted by Crippen LogP contribution is 2.27. The molecule has 4 heterocycles. The largest absolute Gasteiger partial charge is 0.420 e. The van der Waals surface area contributed by atoms with Gasteiger partial charge in [0, 0.05) is 19.1 Å². The van der Waals surface area contributed by atoms with Gasteiger partial charge in [-0.3, -0.25) is 24.4 Å². The highest BCUT2D eigenvalue weighted by Gasteiger charge is 2.45. The first kappa shape index (κ1) is 19.8. The molecule has 3 fully saturated rings. The molecule has 0 bridgehead atoms. The number of hydrogen-bond donors (Lipinski definition) is 2. The van der Waals surface area contributed by atoms with E-state index in [9.17, 15) is 19.2 Å². The van der Waals surface area contributed by atoms with Crippen molar-refractivity contribution in [1.82, 2.24) is 25.0 Å². The van der Waals surface area contributed by atoms with Gasteiger partial charge in [-0.15, -0.1) is 0 Å². The summed E-state index contributed by atoms with van der Waals surface area (Å²) < 4.78 is 6.53. The number of hydrogen-bond acceptors (Lipinski definition) is 6. The summed E-state index contributed by atoms with van der Waals surface area (Å²) in [6, 6.07) is 6.41. The third kappa shape index (κ3) is 3.50. The standard InChI is InChI=1S/C21H25N5O5/c27-17(12-25-15-5-1-2-6-16(15)31-21(25)30)24-10-7-13(8-11-24)26-19(28)14-4-3-9-22-18(14)23-20(26)29/h1-2,5-6,13-14,18,22H,3-4,7-12H2,(H,23,29). The van der Waals surface area contributed by atoms with Crippen LogP contribution in [0.2, 0.25) is 0 Å². The number of urea groups is 1. The van der Waals surface area contributed by atoms with Gasteiger partial charge >= 0.3 is 11.8 Å². The van der Waals surface area contributed by atoms with Crippen LogP contribution in [0.1, 0.15) is 25.7 Å². The van der Waals surface area contributed by atoms with Crippen molar-refractivity contribution in [2.24, 2.45) is 5.92 Å². The number of nitrogens with one attached hydrogen (secondary N) is 2. The average Bonchev–Trinajstić information content (AvgIpc) is 3.09. The first-order valence-corrected chi connectivity index (χ1v) is 10.8. The zero-order valence-corrected chi connectivity index (χ0v) is 17.1. The molecule has 0 aliphatic carbocycles. The average molecular weight is 427 g/mol. The summed E-state index contributed by atoms with van der Waals surface area (Å²) in [5, 5.41) is 6.11. The van der Waals surface area contributed by atoms with Crippen molar-refractivity contribution in [2.75, 3.05) is 19.6 Å². The quantitative estimate of drug-likeness (QED) is 0.735. The minimum atomic E-state index is -0.560. The number of benzene rings is 1. The smallest absolute Gasteiger partial charge is 0.408 e. The third-order valence-corrected chi connectivity index (χ3v) is 6.56. The van der Waals surface area contributed by atoms with E-state index in [0.717, 1.165) is 19.4 Å². The molecule has 3 aliphatic heterocycles. The fraction of sp³-hybridized carbons (Fsp3) is 0.524. The summed E-state index contributed by atoms with van der Waals surface area (Å²) in [4.78, 5) is 53.5. The summed E-state index contributed by atoms with van der Waals surface area (Å²) in [6.07, 6.45) is 2.44. The van der Waals surface area contributed by atoms with Crippen molar-refractivity contribution in [3.8, 4) is 0 Å². The van der Waals surface area contributed by atoms with Crippen molar-refractivity contribution in [2.45, 2.75) is 44.4 Å². The van der Waals surface area contributed by atoms with E-state index in [1.165, 1.54) is 9.47 Å². The molecule has 10 heteroatoms. The number of carbonyl (C=O) groups excluding carboxylic acids is 3.